The first-order valence-corrected chi connectivity index (χ1v) is 11.1. The molecule has 1 saturated heterocycles. The number of hydrogen-bond donors (Lipinski definition) is 1. The standard InChI is InChI=1S/C24H24ClN3O4/c1-2-32-21-7-4-3-6-20(21)28-23(30)18(22(29)26-24(28)31)15-16-8-9-19-17(14-16)10-13-27(19)12-5-11-25/h3-4,6-9,14-15H,2,5,10-13H2,1H3,(H,26,29,31). The van der Waals surface area contributed by atoms with Crippen molar-refractivity contribution in [2.24, 2.45) is 0 Å². The van der Waals surface area contributed by atoms with E-state index in [-0.39, 0.29) is 5.57 Å². The van der Waals surface area contributed by atoms with E-state index in [1.165, 1.54) is 6.08 Å². The van der Waals surface area contributed by atoms with Gasteiger partial charge in [0.25, 0.3) is 11.8 Å². The fourth-order valence-corrected chi connectivity index (χ4v) is 4.14. The second kappa shape index (κ2) is 9.44. The highest BCUT2D eigenvalue weighted by Gasteiger charge is 2.38. The number of barbiturate groups is 1. The van der Waals surface area contributed by atoms with Crippen molar-refractivity contribution in [3.8, 4) is 5.75 Å². The molecule has 4 rings (SSSR count). The monoisotopic (exact) mass is 453 g/mol. The van der Waals surface area contributed by atoms with Gasteiger partial charge in [0, 0.05) is 24.7 Å². The summed E-state index contributed by atoms with van der Waals surface area (Å²) in [5, 5.41) is 2.26. The largest absolute Gasteiger partial charge is 0.492 e. The molecule has 1 N–H and O–H groups in total. The number of imide groups is 2. The molecule has 2 aromatic rings. The summed E-state index contributed by atoms with van der Waals surface area (Å²) in [5.74, 6) is -0.388. The predicted molar refractivity (Wildman–Crippen MR) is 124 cm³/mol. The molecule has 1 fully saturated rings. The number of halogens is 1. The van der Waals surface area contributed by atoms with Gasteiger partial charge in [-0.15, -0.1) is 11.6 Å². The molecule has 0 radical (unpaired) electrons. The van der Waals surface area contributed by atoms with Gasteiger partial charge in [-0.1, -0.05) is 18.2 Å². The highest BCUT2D eigenvalue weighted by molar-refractivity contribution is 6.39. The Kier molecular flexibility index (Phi) is 6.46. The van der Waals surface area contributed by atoms with Crippen LogP contribution in [0, 0.1) is 0 Å². The second-order valence-electron chi connectivity index (χ2n) is 7.53. The van der Waals surface area contributed by atoms with E-state index in [1.54, 1.807) is 24.3 Å². The van der Waals surface area contributed by atoms with Crippen molar-refractivity contribution in [3.63, 3.8) is 0 Å². The molecule has 2 aliphatic rings. The number of hydrogen-bond acceptors (Lipinski definition) is 5. The van der Waals surface area contributed by atoms with Crippen LogP contribution in [-0.4, -0.2) is 43.4 Å². The van der Waals surface area contributed by atoms with Crippen molar-refractivity contribution >= 4 is 46.9 Å². The molecule has 2 aliphatic heterocycles. The van der Waals surface area contributed by atoms with Crippen LogP contribution in [0.25, 0.3) is 6.08 Å². The van der Waals surface area contributed by atoms with Crippen molar-refractivity contribution in [2.45, 2.75) is 19.8 Å². The number of nitrogens with zero attached hydrogens (tertiary/aromatic N) is 2. The number of ether oxygens (including phenoxy) is 1. The minimum Gasteiger partial charge on any atom is -0.492 e. The van der Waals surface area contributed by atoms with Crippen LogP contribution in [0.1, 0.15) is 24.5 Å². The van der Waals surface area contributed by atoms with Gasteiger partial charge in [-0.25, -0.2) is 9.69 Å². The van der Waals surface area contributed by atoms with Gasteiger partial charge in [-0.3, -0.25) is 14.9 Å². The van der Waals surface area contributed by atoms with Crippen molar-refractivity contribution in [1.82, 2.24) is 5.32 Å². The second-order valence-corrected chi connectivity index (χ2v) is 7.90. The maximum Gasteiger partial charge on any atom is 0.336 e. The Balaban J connectivity index is 1.65. The molecule has 7 nitrogen and oxygen atoms in total. The van der Waals surface area contributed by atoms with Gasteiger partial charge < -0.3 is 9.64 Å². The molecule has 0 saturated carbocycles. The summed E-state index contributed by atoms with van der Waals surface area (Å²) in [5.41, 5.74) is 3.23. The molecule has 32 heavy (non-hydrogen) atoms. The zero-order valence-corrected chi connectivity index (χ0v) is 18.5. The number of benzene rings is 2. The van der Waals surface area contributed by atoms with Crippen LogP contribution in [0.3, 0.4) is 0 Å². The summed E-state index contributed by atoms with van der Waals surface area (Å²) in [6.07, 6.45) is 3.33. The van der Waals surface area contributed by atoms with Crippen molar-refractivity contribution in [1.29, 1.82) is 0 Å². The fraction of sp³-hybridized carbons (Fsp3) is 0.292. The van der Waals surface area contributed by atoms with Gasteiger partial charge in [0.15, 0.2) is 0 Å². The summed E-state index contributed by atoms with van der Waals surface area (Å²) in [4.78, 5) is 41.5. The van der Waals surface area contributed by atoms with Gasteiger partial charge in [-0.05, 0) is 61.2 Å². The van der Waals surface area contributed by atoms with Gasteiger partial charge in [0.2, 0.25) is 0 Å². The first kappa shape index (κ1) is 21.9. The number of rotatable bonds is 7. The molecule has 0 unspecified atom stereocenters. The Morgan fingerprint density at radius 1 is 1.12 bits per heavy atom. The summed E-state index contributed by atoms with van der Waals surface area (Å²) in [6.45, 7) is 4.00. The highest BCUT2D eigenvalue weighted by atomic mass is 35.5. The maximum absolute atomic E-state index is 13.2. The molecule has 0 spiro atoms. The number of amides is 4. The van der Waals surface area contributed by atoms with Crippen LogP contribution in [0.15, 0.2) is 48.0 Å². The van der Waals surface area contributed by atoms with E-state index in [2.05, 4.69) is 10.2 Å². The van der Waals surface area contributed by atoms with Gasteiger partial charge in [-0.2, -0.15) is 0 Å². The molecule has 2 aromatic carbocycles. The van der Waals surface area contributed by atoms with E-state index < -0.39 is 17.8 Å². The van der Waals surface area contributed by atoms with Crippen LogP contribution in [-0.2, 0) is 16.0 Å². The Morgan fingerprint density at radius 3 is 2.72 bits per heavy atom. The zero-order chi connectivity index (χ0) is 22.7. The molecule has 0 aromatic heterocycles. The van der Waals surface area contributed by atoms with Crippen LogP contribution in [0.4, 0.5) is 16.2 Å². The lowest BCUT2D eigenvalue weighted by Gasteiger charge is -2.27. The third kappa shape index (κ3) is 4.21. The molecule has 0 atom stereocenters. The molecule has 166 valence electrons. The van der Waals surface area contributed by atoms with E-state index in [0.717, 1.165) is 47.6 Å². The quantitative estimate of drug-likeness (QED) is 0.392. The average molecular weight is 454 g/mol. The van der Waals surface area contributed by atoms with Gasteiger partial charge in [0.05, 0.1) is 12.3 Å². The lowest BCUT2D eigenvalue weighted by Crippen LogP contribution is -2.54. The number of urea groups is 1. The minimum atomic E-state index is -0.798. The summed E-state index contributed by atoms with van der Waals surface area (Å²) in [6, 6.07) is 11.8. The minimum absolute atomic E-state index is 0.104. The van der Waals surface area contributed by atoms with Crippen molar-refractivity contribution < 1.29 is 19.1 Å². The zero-order valence-electron chi connectivity index (χ0n) is 17.8. The maximum atomic E-state index is 13.2. The number of carbonyl (C=O) groups is 3. The van der Waals surface area contributed by atoms with Gasteiger partial charge >= 0.3 is 6.03 Å². The van der Waals surface area contributed by atoms with Gasteiger partial charge in [0.1, 0.15) is 11.3 Å². The van der Waals surface area contributed by atoms with E-state index in [0.29, 0.717) is 23.9 Å². The molecule has 8 heteroatoms. The number of carbonyl (C=O) groups excluding carboxylic acids is 3. The van der Waals surface area contributed by atoms with E-state index >= 15 is 0 Å². The van der Waals surface area contributed by atoms with Crippen LogP contribution >= 0.6 is 11.6 Å². The third-order valence-corrected chi connectivity index (χ3v) is 5.74. The fourth-order valence-electron chi connectivity index (χ4n) is 4.03. The smallest absolute Gasteiger partial charge is 0.336 e. The van der Waals surface area contributed by atoms with Crippen LogP contribution in [0.2, 0.25) is 0 Å². The predicted octanol–water partition coefficient (Wildman–Crippen LogP) is 3.74. The highest BCUT2D eigenvalue weighted by Crippen LogP contribution is 2.32. The first-order valence-electron chi connectivity index (χ1n) is 10.6. The summed E-state index contributed by atoms with van der Waals surface area (Å²) in [7, 11) is 0. The summed E-state index contributed by atoms with van der Waals surface area (Å²) >= 11 is 5.82. The molecule has 4 amide bonds. The average Bonchev–Trinajstić information content (AvgIpc) is 3.18. The lowest BCUT2D eigenvalue weighted by atomic mass is 10.0. The normalized spacial score (nSPS) is 17.1. The Labute approximate surface area is 191 Å². The lowest BCUT2D eigenvalue weighted by molar-refractivity contribution is -0.122. The molecular formula is C24H24ClN3O4. The summed E-state index contributed by atoms with van der Waals surface area (Å²) < 4.78 is 5.56. The molecule has 2 heterocycles. The SMILES string of the molecule is CCOc1ccccc1N1C(=O)NC(=O)C(=Cc2ccc3c(c2)CCN3CCCCl)C1=O. The number of nitrogens with one attached hydrogen (secondary N) is 1. The molecule has 0 bridgehead atoms. The van der Waals surface area contributed by atoms with Crippen LogP contribution in [0.5, 0.6) is 5.75 Å². The number of alkyl halides is 1. The van der Waals surface area contributed by atoms with E-state index in [4.69, 9.17) is 16.3 Å². The number of anilines is 2. The van der Waals surface area contributed by atoms with Crippen LogP contribution < -0.4 is 19.9 Å². The van der Waals surface area contributed by atoms with E-state index in [1.807, 2.05) is 25.1 Å². The molecular weight excluding hydrogens is 430 g/mol. The Morgan fingerprint density at radius 2 is 1.94 bits per heavy atom. The first-order chi connectivity index (χ1) is 15.5. The van der Waals surface area contributed by atoms with Crippen molar-refractivity contribution in [3.05, 3.63) is 59.2 Å². The number of para-hydroxylation sites is 2. The van der Waals surface area contributed by atoms with Crippen molar-refractivity contribution in [2.75, 3.05) is 35.4 Å². The number of fused-ring (bicyclic) bond motifs is 1. The molecule has 0 aliphatic carbocycles. The topological polar surface area (TPSA) is 79.0 Å². The Bertz CT molecular complexity index is 1100. The van der Waals surface area contributed by atoms with E-state index in [9.17, 15) is 14.4 Å². The Hall–Kier alpha value is -3.32. The third-order valence-electron chi connectivity index (χ3n) is 5.48.